The lowest BCUT2D eigenvalue weighted by molar-refractivity contribution is -0.135. The molecule has 11 heteroatoms. The van der Waals surface area contributed by atoms with Crippen molar-refractivity contribution in [2.45, 2.75) is 197 Å². The highest BCUT2D eigenvalue weighted by Crippen LogP contribution is 2.49. The van der Waals surface area contributed by atoms with Crippen molar-refractivity contribution in [2.75, 3.05) is 53.8 Å². The molecule has 8 fully saturated rings. The number of hydrogen-bond donors (Lipinski definition) is 1. The van der Waals surface area contributed by atoms with Gasteiger partial charge in [-0.3, -0.25) is 19.4 Å². The molecule has 2 aromatic rings. The van der Waals surface area contributed by atoms with Gasteiger partial charge >= 0.3 is 11.9 Å². The van der Waals surface area contributed by atoms with Crippen molar-refractivity contribution in [3.8, 4) is 5.75 Å². The largest absolute Gasteiger partial charge is 0.480 e. The summed E-state index contributed by atoms with van der Waals surface area (Å²) in [4.78, 5) is 53.8. The van der Waals surface area contributed by atoms with Gasteiger partial charge in [0.15, 0.2) is 0 Å². The highest BCUT2D eigenvalue weighted by Gasteiger charge is 2.48. The number of para-hydroxylation sites is 2. The first-order valence-electron chi connectivity index (χ1n) is 26.6. The van der Waals surface area contributed by atoms with Crippen LogP contribution in [0, 0.1) is 23.7 Å². The number of amides is 1. The first-order valence-corrected chi connectivity index (χ1v) is 26.6. The van der Waals surface area contributed by atoms with Crippen LogP contribution in [0.25, 0.3) is 0 Å². The Kier molecular flexibility index (Phi) is 13.7. The summed E-state index contributed by atoms with van der Waals surface area (Å²) in [5.74, 6) is 2.74. The van der Waals surface area contributed by atoms with Crippen molar-refractivity contribution in [3.63, 3.8) is 0 Å². The van der Waals surface area contributed by atoms with E-state index in [-0.39, 0.29) is 25.0 Å². The Morgan fingerprint density at radius 2 is 1.02 bits per heavy atom. The number of fused-ring (bicyclic) bond motifs is 8. The monoisotopic (exact) mass is 905 g/mol. The van der Waals surface area contributed by atoms with Crippen LogP contribution in [-0.2, 0) is 14.4 Å². The molecule has 1 N–H and O–H groups in total. The second-order valence-corrected chi connectivity index (χ2v) is 22.9. The third kappa shape index (κ3) is 9.60. The molecule has 4 saturated heterocycles. The number of carboxylic acids is 1. The van der Waals surface area contributed by atoms with Crippen LogP contribution in [0.5, 0.6) is 5.75 Å². The standard InChI is InChI=1S/C55H80N6O5/c1-36(62)59(48-31-43-17-10-18-44(32-48)61(43)47-27-39-13-8-14-40(24-39)28-47)52-20-6-5-19-50(52)57(3)35-55(65)66-49-21-22-51(53(33-49)56(2)34-54(63)64)58(4)45-29-41-15-9-16-42(30-45)60(41)46-25-37-11-7-12-38(23-37)26-46/h5-6,19-22,33,37-48H,7-18,23-32,34-35H2,1-4H3,(H,63,64). The van der Waals surface area contributed by atoms with Crippen LogP contribution in [0.2, 0.25) is 0 Å². The normalized spacial score (nSPS) is 34.2. The highest BCUT2D eigenvalue weighted by molar-refractivity contribution is 5.96. The Labute approximate surface area is 395 Å². The number of rotatable bonds is 13. The lowest BCUT2D eigenvalue weighted by Crippen LogP contribution is -2.61. The van der Waals surface area contributed by atoms with Gasteiger partial charge in [0.2, 0.25) is 5.91 Å². The molecule has 4 heterocycles. The molecular weight excluding hydrogens is 825 g/mol. The zero-order valence-corrected chi connectivity index (χ0v) is 40.7. The molecule has 8 unspecified atom stereocenters. The van der Waals surface area contributed by atoms with Gasteiger partial charge in [-0.1, -0.05) is 63.5 Å². The Hall–Kier alpha value is -3.83. The molecule has 4 aliphatic heterocycles. The van der Waals surface area contributed by atoms with E-state index in [1.165, 1.54) is 116 Å². The number of likely N-dealkylation sites (N-methyl/N-ethyl adjacent to an activating group) is 2. The minimum absolute atomic E-state index is 0.0116. The summed E-state index contributed by atoms with van der Waals surface area (Å²) < 4.78 is 6.10. The van der Waals surface area contributed by atoms with E-state index in [1.807, 2.05) is 66.4 Å². The number of aliphatic carboxylic acids is 1. The first-order chi connectivity index (χ1) is 31.9. The number of esters is 1. The number of ether oxygens (including phenoxy) is 1. The van der Waals surface area contributed by atoms with Crippen LogP contribution in [0.1, 0.15) is 148 Å². The fourth-order valence-electron chi connectivity index (χ4n) is 16.1. The summed E-state index contributed by atoms with van der Waals surface area (Å²) in [5.41, 5.74) is 3.40. The van der Waals surface area contributed by atoms with Gasteiger partial charge in [0.1, 0.15) is 18.8 Å². The molecule has 8 atom stereocenters. The van der Waals surface area contributed by atoms with Crippen molar-refractivity contribution >= 4 is 40.6 Å². The SMILES string of the molecule is CC(=O)N(c1ccccc1N(C)CC(=O)Oc1ccc(N(C)C2CC3CCCC(C2)N3C2CC3CCCC(C3)C2)c(N(C)CC(=O)O)c1)C1CC2CCCC(C1)N2C1CC2CCCC(C2)C1. The number of carboxylic acid groups (broad SMARTS) is 1. The van der Waals surface area contributed by atoms with Gasteiger partial charge < -0.3 is 29.4 Å². The van der Waals surface area contributed by atoms with Crippen molar-refractivity contribution in [1.29, 1.82) is 0 Å². The van der Waals surface area contributed by atoms with E-state index in [2.05, 4.69) is 21.7 Å². The number of nitrogens with zero attached hydrogens (tertiary/aromatic N) is 6. The second kappa shape index (κ2) is 19.6. The molecule has 0 aromatic heterocycles. The van der Waals surface area contributed by atoms with Crippen LogP contribution in [0.4, 0.5) is 22.7 Å². The molecule has 1 amide bonds. The Morgan fingerprint density at radius 3 is 1.52 bits per heavy atom. The molecule has 8 bridgehead atoms. The van der Waals surface area contributed by atoms with E-state index in [1.54, 1.807) is 11.8 Å². The third-order valence-electron chi connectivity index (χ3n) is 18.6. The molecule has 8 aliphatic rings. The molecule has 4 aliphatic carbocycles. The lowest BCUT2D eigenvalue weighted by atomic mass is 9.68. The maximum atomic E-state index is 13.9. The van der Waals surface area contributed by atoms with E-state index in [9.17, 15) is 19.5 Å². The predicted octanol–water partition coefficient (Wildman–Crippen LogP) is 9.75. The fraction of sp³-hybridized carbons (Fsp3) is 0.727. The molecule has 66 heavy (non-hydrogen) atoms. The van der Waals surface area contributed by atoms with E-state index in [4.69, 9.17) is 4.74 Å². The molecule has 0 spiro atoms. The number of benzene rings is 2. The number of anilines is 4. The topological polar surface area (TPSA) is 100 Å². The third-order valence-corrected chi connectivity index (χ3v) is 18.6. The maximum Gasteiger partial charge on any atom is 0.330 e. The molecule has 360 valence electrons. The van der Waals surface area contributed by atoms with E-state index >= 15 is 0 Å². The number of hydrogen-bond acceptors (Lipinski definition) is 9. The molecule has 0 radical (unpaired) electrons. The van der Waals surface area contributed by atoms with Crippen LogP contribution >= 0.6 is 0 Å². The quantitative estimate of drug-likeness (QED) is 0.155. The van der Waals surface area contributed by atoms with Crippen LogP contribution in [0.3, 0.4) is 0 Å². The van der Waals surface area contributed by atoms with Gasteiger partial charge in [-0.15, -0.1) is 0 Å². The summed E-state index contributed by atoms with van der Waals surface area (Å²) in [6, 6.07) is 17.9. The van der Waals surface area contributed by atoms with Gasteiger partial charge in [0.05, 0.1) is 22.7 Å². The Bertz CT molecular complexity index is 2010. The molecule has 4 saturated carbocycles. The summed E-state index contributed by atoms with van der Waals surface area (Å²) in [5, 5.41) is 9.90. The zero-order valence-electron chi connectivity index (χ0n) is 40.7. The van der Waals surface area contributed by atoms with Gasteiger partial charge in [-0.25, -0.2) is 4.79 Å². The molecule has 11 nitrogen and oxygen atoms in total. The van der Waals surface area contributed by atoms with Crippen molar-refractivity contribution < 1.29 is 24.2 Å². The second-order valence-electron chi connectivity index (χ2n) is 22.9. The van der Waals surface area contributed by atoms with Gasteiger partial charge in [0, 0.05) is 82.5 Å². The van der Waals surface area contributed by atoms with Gasteiger partial charge in [-0.05, 0) is 138 Å². The van der Waals surface area contributed by atoms with Crippen molar-refractivity contribution in [1.82, 2.24) is 9.80 Å². The van der Waals surface area contributed by atoms with E-state index < -0.39 is 11.9 Å². The predicted molar refractivity (Wildman–Crippen MR) is 264 cm³/mol. The zero-order chi connectivity index (χ0) is 45.6. The van der Waals surface area contributed by atoms with Crippen molar-refractivity contribution in [2.24, 2.45) is 23.7 Å². The van der Waals surface area contributed by atoms with Gasteiger partial charge in [-0.2, -0.15) is 0 Å². The highest BCUT2D eigenvalue weighted by atomic mass is 16.5. The summed E-state index contributed by atoms with van der Waals surface area (Å²) >= 11 is 0. The van der Waals surface area contributed by atoms with Crippen molar-refractivity contribution in [3.05, 3.63) is 42.5 Å². The molecule has 2 aromatic carbocycles. The minimum atomic E-state index is -0.909. The molecular formula is C55H80N6O5. The first kappa shape index (κ1) is 45.9. The maximum absolute atomic E-state index is 13.9. The van der Waals surface area contributed by atoms with E-state index in [0.29, 0.717) is 42.0 Å². The van der Waals surface area contributed by atoms with Crippen LogP contribution in [-0.4, -0.2) is 115 Å². The van der Waals surface area contributed by atoms with Crippen LogP contribution < -0.4 is 24.3 Å². The van der Waals surface area contributed by atoms with E-state index in [0.717, 1.165) is 78.1 Å². The van der Waals surface area contributed by atoms with Crippen LogP contribution in [0.15, 0.2) is 42.5 Å². The average Bonchev–Trinajstić information content (AvgIpc) is 3.27. The minimum Gasteiger partial charge on any atom is -0.480 e. The lowest BCUT2D eigenvalue weighted by Gasteiger charge is -2.56. The molecule has 10 rings (SSSR count). The summed E-state index contributed by atoms with van der Waals surface area (Å²) in [6.45, 7) is 1.52. The number of piperidine rings is 4. The summed E-state index contributed by atoms with van der Waals surface area (Å²) in [6.07, 6.45) is 28.6. The smallest absolute Gasteiger partial charge is 0.330 e. The van der Waals surface area contributed by atoms with Gasteiger partial charge in [0.25, 0.3) is 0 Å². The summed E-state index contributed by atoms with van der Waals surface area (Å²) in [7, 11) is 5.89. The number of carbonyl (C=O) groups is 3. The number of carbonyl (C=O) groups excluding carboxylic acids is 2. The average molecular weight is 905 g/mol. The Morgan fingerprint density at radius 1 is 0.545 bits per heavy atom. The Balaban J connectivity index is 0.817. The fourth-order valence-corrected chi connectivity index (χ4v) is 16.1.